The summed E-state index contributed by atoms with van der Waals surface area (Å²) in [4.78, 5) is 12.4. The molecule has 1 rings (SSSR count). The quantitative estimate of drug-likeness (QED) is 0.819. The SMILES string of the molecule is CCC(C)(CCBr)NC(=O)c1c(C)cccc1C. The van der Waals surface area contributed by atoms with Gasteiger partial charge in [0.25, 0.3) is 5.91 Å². The molecule has 1 aromatic rings. The van der Waals surface area contributed by atoms with Gasteiger partial charge in [-0.25, -0.2) is 0 Å². The molecule has 0 aromatic heterocycles. The molecule has 1 atom stereocenters. The fourth-order valence-electron chi connectivity index (χ4n) is 2.05. The van der Waals surface area contributed by atoms with Crippen LogP contribution >= 0.6 is 15.9 Å². The molecule has 100 valence electrons. The number of benzene rings is 1. The molecule has 1 N–H and O–H groups in total. The summed E-state index contributed by atoms with van der Waals surface area (Å²) in [6.45, 7) is 8.17. The van der Waals surface area contributed by atoms with Crippen LogP contribution in [0.2, 0.25) is 0 Å². The Morgan fingerprint density at radius 1 is 1.33 bits per heavy atom. The third-order valence-corrected chi connectivity index (χ3v) is 3.95. The number of carbonyl (C=O) groups is 1. The van der Waals surface area contributed by atoms with Crippen molar-refractivity contribution in [2.75, 3.05) is 5.33 Å². The van der Waals surface area contributed by atoms with Crippen LogP contribution in [0.1, 0.15) is 48.2 Å². The molecular weight excluding hydrogens is 290 g/mol. The second-order valence-electron chi connectivity index (χ2n) is 5.07. The first-order valence-electron chi connectivity index (χ1n) is 6.38. The normalized spacial score (nSPS) is 14.1. The van der Waals surface area contributed by atoms with Gasteiger partial charge in [0, 0.05) is 16.4 Å². The van der Waals surface area contributed by atoms with Crippen molar-refractivity contribution in [3.63, 3.8) is 0 Å². The fourth-order valence-corrected chi connectivity index (χ4v) is 2.92. The molecule has 0 saturated carbocycles. The van der Waals surface area contributed by atoms with Gasteiger partial charge in [-0.15, -0.1) is 0 Å². The van der Waals surface area contributed by atoms with Crippen molar-refractivity contribution in [1.82, 2.24) is 5.32 Å². The molecule has 0 aliphatic rings. The van der Waals surface area contributed by atoms with Gasteiger partial charge in [0.2, 0.25) is 0 Å². The number of halogens is 1. The van der Waals surface area contributed by atoms with Gasteiger partial charge in [0.15, 0.2) is 0 Å². The number of rotatable bonds is 5. The van der Waals surface area contributed by atoms with E-state index >= 15 is 0 Å². The van der Waals surface area contributed by atoms with Crippen molar-refractivity contribution in [3.05, 3.63) is 34.9 Å². The number of hydrogen-bond acceptors (Lipinski definition) is 1. The van der Waals surface area contributed by atoms with Gasteiger partial charge >= 0.3 is 0 Å². The summed E-state index contributed by atoms with van der Waals surface area (Å²) in [5.41, 5.74) is 2.73. The standard InChI is InChI=1S/C15H22BrNO/c1-5-15(4,9-10-16)17-14(18)13-11(2)7-6-8-12(13)3/h6-8H,5,9-10H2,1-4H3,(H,17,18). The Balaban J connectivity index is 2.95. The molecule has 0 heterocycles. The van der Waals surface area contributed by atoms with Crippen molar-refractivity contribution in [3.8, 4) is 0 Å². The number of hydrogen-bond donors (Lipinski definition) is 1. The lowest BCUT2D eigenvalue weighted by Gasteiger charge is -2.29. The Labute approximate surface area is 118 Å². The number of amides is 1. The monoisotopic (exact) mass is 311 g/mol. The maximum atomic E-state index is 12.4. The Bertz CT molecular complexity index is 410. The average Bonchev–Trinajstić information content (AvgIpc) is 2.29. The maximum Gasteiger partial charge on any atom is 0.252 e. The van der Waals surface area contributed by atoms with Gasteiger partial charge in [-0.05, 0) is 44.7 Å². The Morgan fingerprint density at radius 2 is 1.89 bits per heavy atom. The van der Waals surface area contributed by atoms with Gasteiger partial charge in [-0.2, -0.15) is 0 Å². The fraction of sp³-hybridized carbons (Fsp3) is 0.533. The maximum absolute atomic E-state index is 12.4. The number of carbonyl (C=O) groups excluding carboxylic acids is 1. The molecule has 0 spiro atoms. The van der Waals surface area contributed by atoms with E-state index in [0.717, 1.165) is 34.9 Å². The average molecular weight is 312 g/mol. The minimum atomic E-state index is -0.144. The summed E-state index contributed by atoms with van der Waals surface area (Å²) in [5, 5.41) is 4.07. The second kappa shape index (κ2) is 6.37. The molecule has 0 bridgehead atoms. The van der Waals surface area contributed by atoms with Crippen LogP contribution in [-0.4, -0.2) is 16.8 Å². The zero-order valence-electron chi connectivity index (χ0n) is 11.6. The molecule has 2 nitrogen and oxygen atoms in total. The van der Waals surface area contributed by atoms with Crippen LogP contribution < -0.4 is 5.32 Å². The highest BCUT2D eigenvalue weighted by Gasteiger charge is 2.25. The Hall–Kier alpha value is -0.830. The zero-order chi connectivity index (χ0) is 13.8. The number of nitrogens with one attached hydrogen (secondary N) is 1. The van der Waals surface area contributed by atoms with E-state index in [1.54, 1.807) is 0 Å². The lowest BCUT2D eigenvalue weighted by molar-refractivity contribution is 0.0900. The van der Waals surface area contributed by atoms with Crippen LogP contribution in [0.25, 0.3) is 0 Å². The van der Waals surface area contributed by atoms with Crippen molar-refractivity contribution < 1.29 is 4.79 Å². The van der Waals surface area contributed by atoms with Crippen LogP contribution in [0.3, 0.4) is 0 Å². The summed E-state index contributed by atoms with van der Waals surface area (Å²) in [5.74, 6) is 0.0379. The highest BCUT2D eigenvalue weighted by atomic mass is 79.9. The van der Waals surface area contributed by atoms with Crippen molar-refractivity contribution in [2.45, 2.75) is 46.1 Å². The summed E-state index contributed by atoms with van der Waals surface area (Å²) >= 11 is 3.45. The zero-order valence-corrected chi connectivity index (χ0v) is 13.2. The molecule has 0 saturated heterocycles. The molecule has 1 aromatic carbocycles. The largest absolute Gasteiger partial charge is 0.347 e. The molecule has 3 heteroatoms. The number of alkyl halides is 1. The van der Waals surface area contributed by atoms with Crippen LogP contribution in [-0.2, 0) is 0 Å². The van der Waals surface area contributed by atoms with E-state index in [2.05, 4.69) is 35.1 Å². The van der Waals surface area contributed by atoms with E-state index in [4.69, 9.17) is 0 Å². The third-order valence-electron chi connectivity index (χ3n) is 3.55. The highest BCUT2D eigenvalue weighted by molar-refractivity contribution is 9.09. The lowest BCUT2D eigenvalue weighted by Crippen LogP contribution is -2.46. The third kappa shape index (κ3) is 3.58. The Kier molecular flexibility index (Phi) is 5.39. The van der Waals surface area contributed by atoms with Gasteiger partial charge < -0.3 is 5.32 Å². The van der Waals surface area contributed by atoms with Gasteiger partial charge in [0.1, 0.15) is 0 Å². The highest BCUT2D eigenvalue weighted by Crippen LogP contribution is 2.19. The first kappa shape index (κ1) is 15.2. The molecule has 0 aliphatic heterocycles. The minimum Gasteiger partial charge on any atom is -0.347 e. The van der Waals surface area contributed by atoms with E-state index in [0.29, 0.717) is 0 Å². The molecule has 0 fully saturated rings. The van der Waals surface area contributed by atoms with E-state index in [-0.39, 0.29) is 11.4 Å². The molecule has 1 unspecified atom stereocenters. The lowest BCUT2D eigenvalue weighted by atomic mass is 9.94. The van der Waals surface area contributed by atoms with Gasteiger partial charge in [0.05, 0.1) is 0 Å². The topological polar surface area (TPSA) is 29.1 Å². The van der Waals surface area contributed by atoms with Gasteiger partial charge in [-0.3, -0.25) is 4.79 Å². The van der Waals surface area contributed by atoms with Crippen molar-refractivity contribution >= 4 is 21.8 Å². The predicted octanol–water partition coefficient (Wildman–Crippen LogP) is 3.99. The van der Waals surface area contributed by atoms with Crippen molar-refractivity contribution in [1.29, 1.82) is 0 Å². The Morgan fingerprint density at radius 3 is 2.33 bits per heavy atom. The van der Waals surface area contributed by atoms with E-state index in [1.807, 2.05) is 32.0 Å². The van der Waals surface area contributed by atoms with Crippen LogP contribution in [0.4, 0.5) is 0 Å². The molecule has 0 radical (unpaired) electrons. The van der Waals surface area contributed by atoms with E-state index in [9.17, 15) is 4.79 Å². The molecule has 0 aliphatic carbocycles. The summed E-state index contributed by atoms with van der Waals surface area (Å²) in [6, 6.07) is 5.95. The van der Waals surface area contributed by atoms with Crippen LogP contribution in [0.5, 0.6) is 0 Å². The molecular formula is C15H22BrNO. The van der Waals surface area contributed by atoms with Gasteiger partial charge in [-0.1, -0.05) is 41.1 Å². The first-order chi connectivity index (χ1) is 8.43. The number of aryl methyl sites for hydroxylation is 2. The smallest absolute Gasteiger partial charge is 0.252 e. The van der Waals surface area contributed by atoms with E-state index < -0.39 is 0 Å². The summed E-state index contributed by atoms with van der Waals surface area (Å²) < 4.78 is 0. The van der Waals surface area contributed by atoms with E-state index in [1.165, 1.54) is 0 Å². The molecule has 18 heavy (non-hydrogen) atoms. The first-order valence-corrected chi connectivity index (χ1v) is 7.50. The van der Waals surface area contributed by atoms with Crippen LogP contribution in [0.15, 0.2) is 18.2 Å². The minimum absolute atomic E-state index is 0.0379. The second-order valence-corrected chi connectivity index (χ2v) is 5.87. The molecule has 1 amide bonds. The van der Waals surface area contributed by atoms with Crippen molar-refractivity contribution in [2.24, 2.45) is 0 Å². The summed E-state index contributed by atoms with van der Waals surface area (Å²) in [6.07, 6.45) is 1.86. The predicted molar refractivity (Wildman–Crippen MR) is 80.5 cm³/mol. The van der Waals surface area contributed by atoms with Crippen LogP contribution in [0, 0.1) is 13.8 Å². The summed E-state index contributed by atoms with van der Waals surface area (Å²) in [7, 11) is 0.